The minimum atomic E-state index is -1.35. The maximum Gasteiger partial charge on any atom is 0.410 e. The molecule has 0 bridgehead atoms. The summed E-state index contributed by atoms with van der Waals surface area (Å²) in [6, 6.07) is 0. The highest BCUT2D eigenvalue weighted by Gasteiger charge is 2.23. The summed E-state index contributed by atoms with van der Waals surface area (Å²) in [6.45, 7) is -0.417. The van der Waals surface area contributed by atoms with E-state index in [9.17, 15) is 4.79 Å². The molecule has 1 aliphatic heterocycles. The van der Waals surface area contributed by atoms with Crippen molar-refractivity contribution in [2.24, 2.45) is 0 Å². The molecule has 13 heavy (non-hydrogen) atoms. The Labute approximate surface area is 84.4 Å². The predicted molar refractivity (Wildman–Crippen MR) is 48.6 cm³/mol. The molecule has 0 aromatic rings. The zero-order chi connectivity index (χ0) is 13.4. The molecule has 0 spiro atoms. The van der Waals surface area contributed by atoms with E-state index in [1.165, 1.54) is 0 Å². The van der Waals surface area contributed by atoms with E-state index in [0.717, 1.165) is 4.90 Å². The number of amides is 1. The fourth-order valence-electron chi connectivity index (χ4n) is 0.733. The number of carbonyl (C=O) groups excluding carboxylic acids is 1. The molecule has 0 aromatic heterocycles. The van der Waals surface area contributed by atoms with Crippen LogP contribution < -0.4 is 0 Å². The molecule has 1 aliphatic rings. The van der Waals surface area contributed by atoms with E-state index in [-0.39, 0.29) is 0 Å². The van der Waals surface area contributed by atoms with Gasteiger partial charge in [0.15, 0.2) is 0 Å². The van der Waals surface area contributed by atoms with Crippen molar-refractivity contribution in [3.05, 3.63) is 0 Å². The molecule has 0 N–H and O–H groups in total. The lowest BCUT2D eigenvalue weighted by molar-refractivity contribution is -0.00676. The molecule has 4 atom stereocenters. The zero-order valence-electron chi connectivity index (χ0n) is 12.0. The maximum absolute atomic E-state index is 11.8. The van der Waals surface area contributed by atoms with Gasteiger partial charge in [-0.25, -0.2) is 4.79 Å². The van der Waals surface area contributed by atoms with Crippen LogP contribution in [0.1, 0.15) is 26.3 Å². The second kappa shape index (κ2) is 3.96. The first-order valence-electron chi connectivity index (χ1n) is 6.30. The van der Waals surface area contributed by atoms with Gasteiger partial charge < -0.3 is 14.4 Å². The summed E-state index contributed by atoms with van der Waals surface area (Å²) in [5.74, 6) is 0. The van der Waals surface area contributed by atoms with Crippen LogP contribution in [0.5, 0.6) is 0 Å². The molecule has 1 heterocycles. The van der Waals surface area contributed by atoms with Gasteiger partial charge in [0.2, 0.25) is 0 Å². The van der Waals surface area contributed by atoms with E-state index in [4.69, 9.17) is 15.0 Å². The molecule has 1 amide bonds. The van der Waals surface area contributed by atoms with Gasteiger partial charge in [-0.3, -0.25) is 0 Å². The normalized spacial score (nSPS) is 45.6. The molecule has 0 saturated carbocycles. The van der Waals surface area contributed by atoms with E-state index in [0.29, 0.717) is 0 Å². The number of hydrogen-bond acceptors (Lipinski definition) is 3. The van der Waals surface area contributed by atoms with Gasteiger partial charge in [0.1, 0.15) is 5.60 Å². The average Bonchev–Trinajstić information content (AvgIpc) is 2.12. The third-order valence-electron chi connectivity index (χ3n) is 1.20. The molecule has 1 saturated heterocycles. The van der Waals surface area contributed by atoms with Crippen molar-refractivity contribution in [1.29, 1.82) is 0 Å². The first-order valence-corrected chi connectivity index (χ1v) is 3.99. The maximum atomic E-state index is 11.8. The lowest BCUT2D eigenvalue weighted by Crippen LogP contribution is -2.43. The molecule has 4 unspecified atom stereocenters. The van der Waals surface area contributed by atoms with Crippen molar-refractivity contribution in [2.75, 3.05) is 26.2 Å². The van der Waals surface area contributed by atoms with Crippen molar-refractivity contribution in [3.63, 3.8) is 0 Å². The second-order valence-electron chi connectivity index (χ2n) is 3.59. The summed E-state index contributed by atoms with van der Waals surface area (Å²) in [4.78, 5) is 12.5. The summed E-state index contributed by atoms with van der Waals surface area (Å²) in [7, 11) is 0. The smallest absolute Gasteiger partial charge is 0.410 e. The van der Waals surface area contributed by atoms with Crippen LogP contribution in [0.25, 0.3) is 0 Å². The van der Waals surface area contributed by atoms with Gasteiger partial charge in [0.25, 0.3) is 0 Å². The highest BCUT2D eigenvalue weighted by Crippen LogP contribution is 2.10. The Morgan fingerprint density at radius 1 is 1.46 bits per heavy atom. The molecule has 1 rings (SSSR count). The summed E-state index contributed by atoms with van der Waals surface area (Å²) >= 11 is 0. The first kappa shape index (κ1) is 5.86. The monoisotopic (exact) mass is 191 g/mol. The molecule has 0 aromatic carbocycles. The van der Waals surface area contributed by atoms with Crippen molar-refractivity contribution in [3.8, 4) is 0 Å². The predicted octanol–water partition coefficient (Wildman–Crippen LogP) is 1.25. The number of morpholine rings is 1. The van der Waals surface area contributed by atoms with Crippen LogP contribution in [0.15, 0.2) is 0 Å². The molecule has 76 valence electrons. The standard InChI is InChI=1S/C9H17NO3/c1-9(2,3)13-8(11)10-4-6-12-7-5-10/h4-7H2,1-3H3/i4D,5D,6D,7D. The lowest BCUT2D eigenvalue weighted by Gasteiger charge is -2.29. The van der Waals surface area contributed by atoms with Crippen LogP contribution in [-0.4, -0.2) is 42.8 Å². The van der Waals surface area contributed by atoms with Gasteiger partial charge in [-0.2, -0.15) is 0 Å². The molecular formula is C9H17NO3. The van der Waals surface area contributed by atoms with E-state index in [1.807, 2.05) is 0 Å². The van der Waals surface area contributed by atoms with E-state index in [2.05, 4.69) is 0 Å². The van der Waals surface area contributed by atoms with Gasteiger partial charge in [-0.05, 0) is 20.8 Å². The Morgan fingerprint density at radius 2 is 2.00 bits per heavy atom. The van der Waals surface area contributed by atoms with Crippen molar-refractivity contribution >= 4 is 6.09 Å². The van der Waals surface area contributed by atoms with Crippen molar-refractivity contribution in [1.82, 2.24) is 4.90 Å². The largest absolute Gasteiger partial charge is 0.444 e. The Morgan fingerprint density at radius 3 is 2.46 bits per heavy atom. The number of nitrogens with zero attached hydrogens (tertiary/aromatic N) is 1. The van der Waals surface area contributed by atoms with Crippen LogP contribution in [0.3, 0.4) is 0 Å². The van der Waals surface area contributed by atoms with Gasteiger partial charge in [0.05, 0.1) is 18.6 Å². The molecule has 0 aliphatic carbocycles. The summed E-state index contributed by atoms with van der Waals surface area (Å²) in [5.41, 5.74) is -0.746. The first-order chi connectivity index (χ1) is 7.63. The molecule has 4 nitrogen and oxygen atoms in total. The van der Waals surface area contributed by atoms with Crippen LogP contribution >= 0.6 is 0 Å². The number of rotatable bonds is 0. The van der Waals surface area contributed by atoms with Crippen molar-refractivity contribution < 1.29 is 19.8 Å². The average molecular weight is 191 g/mol. The number of ether oxygens (including phenoxy) is 2. The van der Waals surface area contributed by atoms with Crippen LogP contribution in [0.2, 0.25) is 0 Å². The minimum Gasteiger partial charge on any atom is -0.444 e. The van der Waals surface area contributed by atoms with Crippen LogP contribution in [-0.2, 0) is 9.47 Å². The van der Waals surface area contributed by atoms with Crippen LogP contribution in [0, 0.1) is 0 Å². The number of hydrogen-bond donors (Lipinski definition) is 0. The van der Waals surface area contributed by atoms with Gasteiger partial charge in [0, 0.05) is 13.0 Å². The zero-order valence-corrected chi connectivity index (χ0v) is 7.98. The Balaban J connectivity index is 2.81. The fourth-order valence-corrected chi connectivity index (χ4v) is 0.733. The minimum absolute atomic E-state index is 0.746. The number of carbonyl (C=O) groups is 1. The van der Waals surface area contributed by atoms with Crippen LogP contribution in [0.4, 0.5) is 4.79 Å². The highest BCUT2D eigenvalue weighted by molar-refractivity contribution is 5.68. The van der Waals surface area contributed by atoms with Gasteiger partial charge >= 0.3 is 6.09 Å². The summed E-state index contributed by atoms with van der Waals surface area (Å²) in [6.07, 6.45) is -0.865. The molecular weight excluding hydrogens is 170 g/mol. The van der Waals surface area contributed by atoms with Crippen molar-refractivity contribution in [2.45, 2.75) is 26.4 Å². The highest BCUT2D eigenvalue weighted by atomic mass is 16.6. The van der Waals surface area contributed by atoms with E-state index < -0.39 is 37.9 Å². The summed E-state index contributed by atoms with van der Waals surface area (Å²) in [5, 5.41) is 0. The molecule has 1 fully saturated rings. The SMILES string of the molecule is [2H]C1OC([2H])C([2H])N(C(=O)OC(C)(C)C)C1[2H]. The Bertz CT molecular complexity index is 282. The topological polar surface area (TPSA) is 38.8 Å². The third kappa shape index (κ3) is 3.63. The quantitative estimate of drug-likeness (QED) is 0.578. The Hall–Kier alpha value is -0.770. The Kier molecular flexibility index (Phi) is 1.78. The van der Waals surface area contributed by atoms with Gasteiger partial charge in [-0.15, -0.1) is 0 Å². The summed E-state index contributed by atoms with van der Waals surface area (Å²) < 4.78 is 39.8. The van der Waals surface area contributed by atoms with Gasteiger partial charge in [-0.1, -0.05) is 0 Å². The second-order valence-corrected chi connectivity index (χ2v) is 3.59. The van der Waals surface area contributed by atoms with E-state index in [1.54, 1.807) is 20.8 Å². The lowest BCUT2D eigenvalue weighted by atomic mass is 10.2. The van der Waals surface area contributed by atoms with E-state index >= 15 is 0 Å². The molecule has 0 radical (unpaired) electrons. The third-order valence-corrected chi connectivity index (χ3v) is 1.20. The fraction of sp³-hybridized carbons (Fsp3) is 0.889. The molecule has 4 heteroatoms.